The second-order valence-electron chi connectivity index (χ2n) is 7.09. The third-order valence-corrected chi connectivity index (χ3v) is 5.50. The molecular weight excluding hydrogens is 383 g/mol. The molecule has 0 fully saturated rings. The van der Waals surface area contributed by atoms with E-state index in [1.165, 1.54) is 16.2 Å². The molecule has 0 aliphatic carbocycles. The Morgan fingerprint density at radius 3 is 2.59 bits per heavy atom. The van der Waals surface area contributed by atoms with Crippen LogP contribution >= 0.6 is 23.2 Å². The number of benzene rings is 1. The molecule has 4 rings (SSSR count). The minimum absolute atomic E-state index is 0.530. The molecule has 0 bridgehead atoms. The largest absolute Gasteiger partial charge is 0.338 e. The van der Waals surface area contributed by atoms with Crippen molar-refractivity contribution in [2.45, 2.75) is 20.4 Å². The number of aromatic nitrogens is 5. The number of quaternary nitrogens is 1. The Morgan fingerprint density at radius 1 is 1.11 bits per heavy atom. The van der Waals surface area contributed by atoms with Crippen LogP contribution in [0.3, 0.4) is 0 Å². The third-order valence-electron chi connectivity index (χ3n) is 4.95. The van der Waals surface area contributed by atoms with E-state index in [2.05, 4.69) is 42.6 Å². The predicted molar refractivity (Wildman–Crippen MR) is 109 cm³/mol. The van der Waals surface area contributed by atoms with Crippen molar-refractivity contribution in [2.75, 3.05) is 20.6 Å². The average Bonchev–Trinajstić information content (AvgIpc) is 3.13. The van der Waals surface area contributed by atoms with Gasteiger partial charge in [0, 0.05) is 16.3 Å². The fraction of sp³-hybridized carbons (Fsp3) is 0.316. The van der Waals surface area contributed by atoms with Gasteiger partial charge in [-0.15, -0.1) is 5.10 Å². The lowest BCUT2D eigenvalue weighted by atomic mass is 10.2. The van der Waals surface area contributed by atoms with Crippen LogP contribution in [0.1, 0.15) is 11.3 Å². The van der Waals surface area contributed by atoms with Gasteiger partial charge in [-0.3, -0.25) is 0 Å². The highest BCUT2D eigenvalue weighted by Gasteiger charge is 2.19. The number of hydrogen-bond donors (Lipinski definition) is 1. The molecule has 0 saturated heterocycles. The van der Waals surface area contributed by atoms with Crippen LogP contribution in [0.2, 0.25) is 10.0 Å². The number of halogens is 2. The first kappa shape index (κ1) is 18.2. The molecule has 1 N–H and O–H groups in total. The van der Waals surface area contributed by atoms with Gasteiger partial charge in [0.2, 0.25) is 0 Å². The van der Waals surface area contributed by atoms with E-state index in [0.717, 1.165) is 35.3 Å². The number of nitrogens with zero attached hydrogens (tertiary/aromatic N) is 5. The first-order chi connectivity index (χ1) is 12.9. The van der Waals surface area contributed by atoms with Crippen molar-refractivity contribution in [3.05, 3.63) is 45.8 Å². The Balaban J connectivity index is 1.91. The van der Waals surface area contributed by atoms with Crippen molar-refractivity contribution in [2.24, 2.45) is 0 Å². The molecule has 3 heterocycles. The lowest BCUT2D eigenvalue weighted by molar-refractivity contribution is -0.858. The van der Waals surface area contributed by atoms with Crippen molar-refractivity contribution in [3.63, 3.8) is 0 Å². The summed E-state index contributed by atoms with van der Waals surface area (Å²) in [6, 6.07) is 5.33. The Morgan fingerprint density at radius 2 is 1.89 bits per heavy atom. The van der Waals surface area contributed by atoms with Crippen LogP contribution in [0, 0.1) is 13.8 Å². The van der Waals surface area contributed by atoms with Gasteiger partial charge in [0.05, 0.1) is 37.6 Å². The summed E-state index contributed by atoms with van der Waals surface area (Å²) in [6.07, 6.45) is 1.72. The maximum atomic E-state index is 6.35. The number of aryl methyl sites for hydroxylation is 1. The molecule has 0 spiro atoms. The van der Waals surface area contributed by atoms with Crippen molar-refractivity contribution in [1.29, 1.82) is 0 Å². The molecule has 27 heavy (non-hydrogen) atoms. The molecule has 0 atom stereocenters. The fourth-order valence-corrected chi connectivity index (χ4v) is 3.82. The molecule has 1 aromatic carbocycles. The summed E-state index contributed by atoms with van der Waals surface area (Å²) in [4.78, 5) is 10.9. The van der Waals surface area contributed by atoms with Gasteiger partial charge in [-0.25, -0.2) is 14.5 Å². The number of fused-ring (bicyclic) bond motifs is 3. The molecule has 8 heteroatoms. The standard InChI is InChI=1S/C19H20Cl2N6/c1-11-12(2)26(8-7-25(3)4)18-16(11)19-23-17(24-27(19)10-22-18)14-6-5-13(20)9-15(14)21/h5-6,9-10H,7-8H2,1-4H3/p+1. The molecule has 0 aliphatic heterocycles. The maximum Gasteiger partial charge on any atom is 0.183 e. The van der Waals surface area contributed by atoms with E-state index < -0.39 is 0 Å². The summed E-state index contributed by atoms with van der Waals surface area (Å²) < 4.78 is 3.98. The van der Waals surface area contributed by atoms with E-state index in [1.54, 1.807) is 23.0 Å². The summed E-state index contributed by atoms with van der Waals surface area (Å²) in [5.41, 5.74) is 4.87. The van der Waals surface area contributed by atoms with Gasteiger partial charge in [0.25, 0.3) is 0 Å². The Kier molecular flexibility index (Phi) is 4.58. The predicted octanol–water partition coefficient (Wildman–Crippen LogP) is 2.81. The fourth-order valence-electron chi connectivity index (χ4n) is 3.32. The zero-order valence-electron chi connectivity index (χ0n) is 15.7. The number of rotatable bonds is 4. The van der Waals surface area contributed by atoms with Gasteiger partial charge < -0.3 is 9.47 Å². The van der Waals surface area contributed by atoms with Crippen molar-refractivity contribution in [1.82, 2.24) is 24.1 Å². The molecule has 6 nitrogen and oxygen atoms in total. The van der Waals surface area contributed by atoms with E-state index in [9.17, 15) is 0 Å². The average molecular weight is 404 g/mol. The zero-order valence-corrected chi connectivity index (χ0v) is 17.2. The molecule has 3 aromatic heterocycles. The molecular formula is C19H21Cl2N6+. The van der Waals surface area contributed by atoms with E-state index in [-0.39, 0.29) is 0 Å². The van der Waals surface area contributed by atoms with Crippen LogP contribution in [-0.4, -0.2) is 44.8 Å². The van der Waals surface area contributed by atoms with Crippen LogP contribution in [-0.2, 0) is 6.54 Å². The van der Waals surface area contributed by atoms with Gasteiger partial charge >= 0.3 is 0 Å². The lowest BCUT2D eigenvalue weighted by Crippen LogP contribution is -3.06. The quantitative estimate of drug-likeness (QED) is 0.569. The minimum Gasteiger partial charge on any atom is -0.338 e. The smallest absolute Gasteiger partial charge is 0.183 e. The Hall–Kier alpha value is -2.15. The summed E-state index contributed by atoms with van der Waals surface area (Å²) in [5.74, 6) is 0.563. The SMILES string of the molecule is Cc1c(C)n(CC[NH+](C)C)c2ncn3nc(-c4ccc(Cl)cc4Cl)nc3c12. The molecule has 0 saturated carbocycles. The lowest BCUT2D eigenvalue weighted by Gasteiger charge is -2.10. The molecule has 4 aromatic rings. The van der Waals surface area contributed by atoms with Crippen molar-refractivity contribution >= 4 is 39.9 Å². The minimum atomic E-state index is 0.530. The van der Waals surface area contributed by atoms with E-state index in [0.29, 0.717) is 15.9 Å². The molecule has 0 amide bonds. The van der Waals surface area contributed by atoms with Crippen LogP contribution < -0.4 is 4.90 Å². The molecule has 0 aliphatic rings. The van der Waals surface area contributed by atoms with Gasteiger partial charge in [0.1, 0.15) is 12.0 Å². The van der Waals surface area contributed by atoms with Crippen LogP contribution in [0.15, 0.2) is 24.5 Å². The number of likely N-dealkylation sites (N-methyl/N-ethyl adjacent to an activating group) is 1. The number of hydrogen-bond acceptors (Lipinski definition) is 3. The molecule has 0 radical (unpaired) electrons. The van der Waals surface area contributed by atoms with Crippen LogP contribution in [0.5, 0.6) is 0 Å². The van der Waals surface area contributed by atoms with Gasteiger partial charge in [-0.05, 0) is 37.6 Å². The maximum absolute atomic E-state index is 6.35. The van der Waals surface area contributed by atoms with Crippen molar-refractivity contribution in [3.8, 4) is 11.4 Å². The second-order valence-corrected chi connectivity index (χ2v) is 7.93. The molecule has 0 unspecified atom stereocenters. The highest BCUT2D eigenvalue weighted by molar-refractivity contribution is 6.36. The highest BCUT2D eigenvalue weighted by Crippen LogP contribution is 2.31. The van der Waals surface area contributed by atoms with E-state index in [4.69, 9.17) is 28.2 Å². The Bertz CT molecular complexity index is 1160. The third kappa shape index (κ3) is 3.08. The number of nitrogens with one attached hydrogen (secondary N) is 1. The van der Waals surface area contributed by atoms with E-state index >= 15 is 0 Å². The first-order valence-corrected chi connectivity index (χ1v) is 9.57. The monoisotopic (exact) mass is 403 g/mol. The second kappa shape index (κ2) is 6.78. The van der Waals surface area contributed by atoms with Gasteiger partial charge in [-0.1, -0.05) is 23.2 Å². The topological polar surface area (TPSA) is 52.5 Å². The highest BCUT2D eigenvalue weighted by atomic mass is 35.5. The zero-order chi connectivity index (χ0) is 19.3. The van der Waals surface area contributed by atoms with Crippen LogP contribution in [0.25, 0.3) is 28.1 Å². The summed E-state index contributed by atoms with van der Waals surface area (Å²) in [5, 5.41) is 6.73. The summed E-state index contributed by atoms with van der Waals surface area (Å²) in [6.45, 7) is 6.18. The Labute approximate surface area is 167 Å². The summed E-state index contributed by atoms with van der Waals surface area (Å²) >= 11 is 12.4. The van der Waals surface area contributed by atoms with Crippen LogP contribution in [0.4, 0.5) is 0 Å². The van der Waals surface area contributed by atoms with Gasteiger partial charge in [-0.2, -0.15) is 0 Å². The summed E-state index contributed by atoms with van der Waals surface area (Å²) in [7, 11) is 4.31. The molecule has 140 valence electrons. The first-order valence-electron chi connectivity index (χ1n) is 8.82. The van der Waals surface area contributed by atoms with E-state index in [1.807, 2.05) is 6.07 Å². The normalized spacial score (nSPS) is 12.0. The van der Waals surface area contributed by atoms with Gasteiger partial charge in [0.15, 0.2) is 11.5 Å². The van der Waals surface area contributed by atoms with Crippen molar-refractivity contribution < 1.29 is 4.90 Å².